The van der Waals surface area contributed by atoms with E-state index in [9.17, 15) is 19.8 Å². The van der Waals surface area contributed by atoms with Gasteiger partial charge in [-0.3, -0.25) is 9.59 Å². The van der Waals surface area contributed by atoms with E-state index in [0.29, 0.717) is 6.42 Å². The first-order chi connectivity index (χ1) is 6.99. The molecule has 1 rings (SSSR count). The van der Waals surface area contributed by atoms with Crippen molar-refractivity contribution in [1.82, 2.24) is 0 Å². The van der Waals surface area contributed by atoms with Gasteiger partial charge in [0, 0.05) is 12.8 Å². The molecule has 0 radical (unpaired) electrons. The van der Waals surface area contributed by atoms with Crippen molar-refractivity contribution in [3.05, 3.63) is 0 Å². The Kier molecular flexibility index (Phi) is 4.23. The van der Waals surface area contributed by atoms with Crippen LogP contribution in [0.3, 0.4) is 0 Å². The van der Waals surface area contributed by atoms with Gasteiger partial charge in [-0.1, -0.05) is 0 Å². The Morgan fingerprint density at radius 1 is 1.20 bits per heavy atom. The van der Waals surface area contributed by atoms with Crippen molar-refractivity contribution in [3.8, 4) is 0 Å². The molecule has 3 atom stereocenters. The zero-order valence-corrected chi connectivity index (χ0v) is 8.68. The summed E-state index contributed by atoms with van der Waals surface area (Å²) in [6.45, 7) is 1.70. The van der Waals surface area contributed by atoms with Crippen LogP contribution in [0.25, 0.3) is 0 Å². The number of hydrogen-bond donors (Lipinski definition) is 2. The highest BCUT2D eigenvalue weighted by atomic mass is 16.5. The lowest BCUT2D eigenvalue weighted by Gasteiger charge is -2.20. The molecule has 0 aromatic heterocycles. The molecule has 0 unspecified atom stereocenters. The third kappa shape index (κ3) is 3.97. The molecule has 0 saturated carbocycles. The van der Waals surface area contributed by atoms with Gasteiger partial charge >= 0.3 is 5.97 Å². The molecule has 0 aromatic carbocycles. The minimum absolute atomic E-state index is 0.0961. The highest BCUT2D eigenvalue weighted by molar-refractivity contribution is 5.79. The number of Topliss-reactive ketones (excluding diaryl/α,β-unsaturated/α-hetero) is 1. The number of aliphatic hydroxyl groups is 2. The van der Waals surface area contributed by atoms with Gasteiger partial charge in [0.1, 0.15) is 5.78 Å². The number of carbonyl (C=O) groups is 2. The van der Waals surface area contributed by atoms with Crippen LogP contribution in [-0.4, -0.2) is 40.3 Å². The molecule has 1 aliphatic heterocycles. The van der Waals surface area contributed by atoms with Crippen molar-refractivity contribution in [1.29, 1.82) is 0 Å². The van der Waals surface area contributed by atoms with Gasteiger partial charge in [-0.25, -0.2) is 0 Å². The number of ether oxygens (including phenoxy) is 1. The number of aliphatic hydroxyl groups excluding tert-OH is 2. The molecule has 5 heteroatoms. The first kappa shape index (κ1) is 12.1. The predicted octanol–water partition coefficient (Wildman–Crippen LogP) is -0.217. The van der Waals surface area contributed by atoms with Gasteiger partial charge in [0.25, 0.3) is 0 Å². The van der Waals surface area contributed by atoms with E-state index in [1.54, 1.807) is 6.92 Å². The SMILES string of the molecule is C[C@@H]1CCC(=O)C[C@@H](O)[C@H](O)CC(=O)O1. The van der Waals surface area contributed by atoms with E-state index in [4.69, 9.17) is 4.74 Å². The molecule has 1 fully saturated rings. The van der Waals surface area contributed by atoms with E-state index >= 15 is 0 Å². The van der Waals surface area contributed by atoms with E-state index in [-0.39, 0.29) is 31.1 Å². The summed E-state index contributed by atoms with van der Waals surface area (Å²) < 4.78 is 4.93. The Morgan fingerprint density at radius 3 is 2.47 bits per heavy atom. The van der Waals surface area contributed by atoms with Gasteiger partial charge in [-0.2, -0.15) is 0 Å². The number of rotatable bonds is 0. The minimum Gasteiger partial charge on any atom is -0.463 e. The highest BCUT2D eigenvalue weighted by Crippen LogP contribution is 2.13. The second kappa shape index (κ2) is 5.23. The summed E-state index contributed by atoms with van der Waals surface area (Å²) in [6.07, 6.45) is -2.33. The van der Waals surface area contributed by atoms with Crippen LogP contribution in [0.15, 0.2) is 0 Å². The lowest BCUT2D eigenvalue weighted by molar-refractivity contribution is -0.154. The number of cyclic esters (lactones) is 1. The molecule has 0 aromatic rings. The summed E-state index contributed by atoms with van der Waals surface area (Å²) in [5.74, 6) is -0.658. The maximum absolute atomic E-state index is 11.3. The zero-order valence-electron chi connectivity index (χ0n) is 8.68. The van der Waals surface area contributed by atoms with Crippen LogP contribution >= 0.6 is 0 Å². The normalized spacial score (nSPS) is 34.7. The van der Waals surface area contributed by atoms with Crippen LogP contribution in [-0.2, 0) is 14.3 Å². The largest absolute Gasteiger partial charge is 0.463 e. The average molecular weight is 216 g/mol. The van der Waals surface area contributed by atoms with Crippen molar-refractivity contribution < 1.29 is 24.5 Å². The smallest absolute Gasteiger partial charge is 0.308 e. The molecule has 0 amide bonds. The molecule has 5 nitrogen and oxygen atoms in total. The van der Waals surface area contributed by atoms with Crippen LogP contribution in [0.2, 0.25) is 0 Å². The molecule has 0 spiro atoms. The number of carbonyl (C=O) groups excluding carboxylic acids is 2. The fraction of sp³-hybridized carbons (Fsp3) is 0.800. The second-order valence-electron chi connectivity index (χ2n) is 3.92. The minimum atomic E-state index is -1.22. The Hall–Kier alpha value is -0.940. The third-order valence-electron chi connectivity index (χ3n) is 2.42. The summed E-state index contributed by atoms with van der Waals surface area (Å²) in [5, 5.41) is 18.7. The van der Waals surface area contributed by atoms with Gasteiger partial charge in [-0.15, -0.1) is 0 Å². The van der Waals surface area contributed by atoms with Gasteiger partial charge in [0.2, 0.25) is 0 Å². The van der Waals surface area contributed by atoms with Crippen LogP contribution in [0, 0.1) is 0 Å². The molecule has 86 valence electrons. The average Bonchev–Trinajstić information content (AvgIpc) is 2.13. The highest BCUT2D eigenvalue weighted by Gasteiger charge is 2.25. The number of esters is 1. The fourth-order valence-corrected chi connectivity index (χ4v) is 1.47. The molecular formula is C10H16O5. The van der Waals surface area contributed by atoms with Gasteiger partial charge in [-0.05, 0) is 13.3 Å². The molecule has 1 heterocycles. The van der Waals surface area contributed by atoms with Gasteiger partial charge < -0.3 is 14.9 Å². The van der Waals surface area contributed by atoms with Gasteiger partial charge in [0.15, 0.2) is 0 Å². The first-order valence-corrected chi connectivity index (χ1v) is 5.06. The Balaban J connectivity index is 2.63. The van der Waals surface area contributed by atoms with E-state index in [1.165, 1.54) is 0 Å². The number of ketones is 1. The molecule has 1 aliphatic rings. The summed E-state index contributed by atoms with van der Waals surface area (Å²) in [6, 6.07) is 0. The summed E-state index contributed by atoms with van der Waals surface area (Å²) in [5.41, 5.74) is 0. The van der Waals surface area contributed by atoms with Crippen LogP contribution < -0.4 is 0 Å². The Bertz CT molecular complexity index is 250. The maximum Gasteiger partial charge on any atom is 0.308 e. The molecule has 0 bridgehead atoms. The molecular weight excluding hydrogens is 200 g/mol. The van der Waals surface area contributed by atoms with E-state index in [2.05, 4.69) is 0 Å². The zero-order chi connectivity index (χ0) is 11.4. The Labute approximate surface area is 88.0 Å². The quantitative estimate of drug-likeness (QED) is 0.547. The fourth-order valence-electron chi connectivity index (χ4n) is 1.47. The van der Waals surface area contributed by atoms with Crippen LogP contribution in [0.4, 0.5) is 0 Å². The molecule has 0 aliphatic carbocycles. The lowest BCUT2D eigenvalue weighted by atomic mass is 10.0. The van der Waals surface area contributed by atoms with Crippen molar-refractivity contribution in [2.45, 2.75) is 50.9 Å². The summed E-state index contributed by atoms with van der Waals surface area (Å²) in [4.78, 5) is 22.4. The monoisotopic (exact) mass is 216 g/mol. The van der Waals surface area contributed by atoms with Gasteiger partial charge in [0.05, 0.1) is 24.7 Å². The lowest BCUT2D eigenvalue weighted by Crippen LogP contribution is -2.33. The van der Waals surface area contributed by atoms with Crippen molar-refractivity contribution >= 4 is 11.8 Å². The van der Waals surface area contributed by atoms with Crippen LogP contribution in [0.5, 0.6) is 0 Å². The van der Waals surface area contributed by atoms with E-state index < -0.39 is 18.2 Å². The second-order valence-corrected chi connectivity index (χ2v) is 3.92. The standard InChI is InChI=1S/C10H16O5/c1-6-2-3-7(11)4-8(12)9(13)5-10(14)15-6/h6,8-9,12-13H,2-5H2,1H3/t6-,8-,9-/m1/s1. The predicted molar refractivity (Wildman–Crippen MR) is 51.0 cm³/mol. The first-order valence-electron chi connectivity index (χ1n) is 5.06. The van der Waals surface area contributed by atoms with Crippen molar-refractivity contribution in [2.75, 3.05) is 0 Å². The topological polar surface area (TPSA) is 83.8 Å². The van der Waals surface area contributed by atoms with Crippen molar-refractivity contribution in [2.24, 2.45) is 0 Å². The summed E-state index contributed by atoms with van der Waals surface area (Å²) >= 11 is 0. The summed E-state index contributed by atoms with van der Waals surface area (Å²) in [7, 11) is 0. The molecule has 15 heavy (non-hydrogen) atoms. The molecule has 1 saturated heterocycles. The van der Waals surface area contributed by atoms with E-state index in [1.807, 2.05) is 0 Å². The van der Waals surface area contributed by atoms with Crippen molar-refractivity contribution in [3.63, 3.8) is 0 Å². The Morgan fingerprint density at radius 2 is 1.80 bits per heavy atom. The third-order valence-corrected chi connectivity index (χ3v) is 2.42. The molecule has 2 N–H and O–H groups in total. The van der Waals surface area contributed by atoms with E-state index in [0.717, 1.165) is 0 Å². The maximum atomic E-state index is 11.3. The number of hydrogen-bond acceptors (Lipinski definition) is 5. The van der Waals surface area contributed by atoms with Crippen LogP contribution in [0.1, 0.15) is 32.6 Å².